The predicted molar refractivity (Wildman–Crippen MR) is 302 cm³/mol. The minimum absolute atomic E-state index is 0.0801. The molecule has 0 unspecified atom stereocenters. The van der Waals surface area contributed by atoms with Crippen LogP contribution in [0.5, 0.6) is 0 Å². The van der Waals surface area contributed by atoms with Crippen LogP contribution in [-0.2, 0) is 5.41 Å². The van der Waals surface area contributed by atoms with Crippen molar-refractivity contribution in [3.63, 3.8) is 0 Å². The topological polar surface area (TPSA) is 8.17 Å². The molecule has 0 atom stereocenters. The zero-order valence-corrected chi connectivity index (χ0v) is 39.6. The minimum Gasteiger partial charge on any atom is -0.311 e. The molecule has 12 aromatic carbocycles. The highest BCUT2D eigenvalue weighted by Gasteiger charge is 2.35. The van der Waals surface area contributed by atoms with Gasteiger partial charge in [0.05, 0.1) is 11.0 Å². The summed E-state index contributed by atoms with van der Waals surface area (Å²) in [4.78, 5) is 2.34. The third-order valence-electron chi connectivity index (χ3n) is 15.4. The molecular formula is C69H48N2. The van der Waals surface area contributed by atoms with Crippen LogP contribution >= 0.6 is 0 Å². The first kappa shape index (κ1) is 41.0. The summed E-state index contributed by atoms with van der Waals surface area (Å²) in [5, 5.41) is 10.1. The number of nitrogens with zero attached hydrogens (tertiary/aromatic N) is 2. The third kappa shape index (κ3) is 6.56. The molecule has 2 nitrogen and oxygen atoms in total. The van der Waals surface area contributed by atoms with Gasteiger partial charge in [0, 0.05) is 38.9 Å². The second-order valence-electron chi connectivity index (χ2n) is 19.7. The first-order valence-corrected chi connectivity index (χ1v) is 24.7. The number of hydrogen-bond acceptors (Lipinski definition) is 1. The number of anilines is 3. The molecule has 0 bridgehead atoms. The van der Waals surface area contributed by atoms with Crippen molar-refractivity contribution in [2.75, 3.05) is 4.90 Å². The normalized spacial score (nSPS) is 12.8. The van der Waals surface area contributed by atoms with Crippen molar-refractivity contribution in [3.8, 4) is 50.2 Å². The Balaban J connectivity index is 0.916. The number of hydrogen-bond donors (Lipinski definition) is 0. The lowest BCUT2D eigenvalue weighted by atomic mass is 9.81. The summed E-state index contributed by atoms with van der Waals surface area (Å²) in [5.41, 5.74) is 19.5. The van der Waals surface area contributed by atoms with Crippen LogP contribution in [0, 0.1) is 0 Å². The molecule has 0 saturated heterocycles. The van der Waals surface area contributed by atoms with Crippen LogP contribution < -0.4 is 4.90 Å². The molecule has 0 aliphatic heterocycles. The van der Waals surface area contributed by atoms with Crippen LogP contribution in [0.1, 0.15) is 25.0 Å². The van der Waals surface area contributed by atoms with Gasteiger partial charge in [0.2, 0.25) is 0 Å². The van der Waals surface area contributed by atoms with Gasteiger partial charge in [0.1, 0.15) is 0 Å². The Kier molecular flexibility index (Phi) is 9.28. The molecule has 1 aromatic heterocycles. The molecule has 14 rings (SSSR count). The fourth-order valence-corrected chi connectivity index (χ4v) is 11.8. The molecule has 1 aliphatic carbocycles. The fraction of sp³-hybridized carbons (Fsp3) is 0.0435. The smallest absolute Gasteiger partial charge is 0.0541 e. The predicted octanol–water partition coefficient (Wildman–Crippen LogP) is 19.0. The molecule has 0 N–H and O–H groups in total. The van der Waals surface area contributed by atoms with Gasteiger partial charge in [0.25, 0.3) is 0 Å². The first-order chi connectivity index (χ1) is 35.0. The van der Waals surface area contributed by atoms with E-state index in [9.17, 15) is 0 Å². The van der Waals surface area contributed by atoms with Crippen molar-refractivity contribution in [2.45, 2.75) is 19.3 Å². The lowest BCUT2D eigenvalue weighted by Gasteiger charge is -2.26. The molecule has 13 aromatic rings. The third-order valence-corrected chi connectivity index (χ3v) is 15.4. The number of para-hydroxylation sites is 1. The Morgan fingerprint density at radius 2 is 0.704 bits per heavy atom. The summed E-state index contributed by atoms with van der Waals surface area (Å²) in [5.74, 6) is 0. The first-order valence-electron chi connectivity index (χ1n) is 24.7. The zero-order valence-electron chi connectivity index (χ0n) is 39.6. The maximum atomic E-state index is 2.48. The van der Waals surface area contributed by atoms with Crippen LogP contribution in [0.3, 0.4) is 0 Å². The van der Waals surface area contributed by atoms with E-state index in [1.165, 1.54) is 110 Å². The highest BCUT2D eigenvalue weighted by atomic mass is 15.1. The van der Waals surface area contributed by atoms with E-state index in [1.807, 2.05) is 0 Å². The standard InChI is InChI=1S/C69H48N2/c1-69(2)65-24-14-13-23-60(65)61-37-29-50(43-66(61)69)49-31-40-68-64(42-49)63-41-48(30-39-67(63)71(68)54-36-38-59-57-21-10-9-19-55(57)56-20-11-12-22-58(56)62(59)44-54)47-27-34-53(35-28-47)70(51-17-7-4-8-18-51)52-32-25-46(26-33-52)45-15-5-3-6-16-45/h3-44H,1-2H3. The summed E-state index contributed by atoms with van der Waals surface area (Å²) in [6.07, 6.45) is 0. The highest BCUT2D eigenvalue weighted by Crippen LogP contribution is 2.50. The quantitative estimate of drug-likeness (QED) is 0.145. The van der Waals surface area contributed by atoms with E-state index in [1.54, 1.807) is 0 Å². The van der Waals surface area contributed by atoms with Gasteiger partial charge in [-0.05, 0) is 167 Å². The Morgan fingerprint density at radius 3 is 1.32 bits per heavy atom. The maximum Gasteiger partial charge on any atom is 0.0541 e. The molecule has 0 radical (unpaired) electrons. The summed E-state index contributed by atoms with van der Waals surface area (Å²) in [7, 11) is 0. The van der Waals surface area contributed by atoms with Gasteiger partial charge in [-0.25, -0.2) is 0 Å². The summed E-state index contributed by atoms with van der Waals surface area (Å²) < 4.78 is 2.48. The van der Waals surface area contributed by atoms with Crippen molar-refractivity contribution in [3.05, 3.63) is 266 Å². The molecule has 2 heteroatoms. The van der Waals surface area contributed by atoms with Crippen LogP contribution in [-0.4, -0.2) is 4.57 Å². The van der Waals surface area contributed by atoms with Crippen molar-refractivity contribution >= 4 is 71.2 Å². The van der Waals surface area contributed by atoms with Gasteiger partial charge < -0.3 is 9.47 Å². The largest absolute Gasteiger partial charge is 0.311 e. The van der Waals surface area contributed by atoms with Gasteiger partial charge in [0.15, 0.2) is 0 Å². The molecule has 0 amide bonds. The van der Waals surface area contributed by atoms with Crippen LogP contribution in [0.25, 0.3) is 104 Å². The SMILES string of the molecule is CC1(C)c2ccccc2-c2ccc(-c3ccc4c(c3)c3cc(-c5ccc(N(c6ccccc6)c6ccc(-c7ccccc7)cc6)cc5)ccc3n4-c3ccc4c5ccccc5c5ccccc5c4c3)cc21. The monoisotopic (exact) mass is 904 g/mol. The molecule has 0 fully saturated rings. The van der Waals surface area contributed by atoms with E-state index in [2.05, 4.69) is 278 Å². The molecule has 0 saturated carbocycles. The van der Waals surface area contributed by atoms with Gasteiger partial charge in [-0.15, -0.1) is 0 Å². The number of aromatic nitrogens is 1. The summed E-state index contributed by atoms with van der Waals surface area (Å²) in [6, 6.07) is 94.1. The average Bonchev–Trinajstić information content (AvgIpc) is 3.88. The Labute approximate surface area is 414 Å². The van der Waals surface area contributed by atoms with Gasteiger partial charge in [-0.2, -0.15) is 0 Å². The molecule has 1 aliphatic rings. The van der Waals surface area contributed by atoms with E-state index in [4.69, 9.17) is 0 Å². The second-order valence-corrected chi connectivity index (χ2v) is 19.7. The van der Waals surface area contributed by atoms with Gasteiger partial charge in [-0.1, -0.05) is 190 Å². The van der Waals surface area contributed by atoms with E-state index in [0.29, 0.717) is 0 Å². The molecule has 1 heterocycles. The van der Waals surface area contributed by atoms with Gasteiger partial charge in [-0.3, -0.25) is 0 Å². The summed E-state index contributed by atoms with van der Waals surface area (Å²) in [6.45, 7) is 4.73. The fourth-order valence-electron chi connectivity index (χ4n) is 11.8. The zero-order chi connectivity index (χ0) is 47.2. The van der Waals surface area contributed by atoms with Crippen LogP contribution in [0.2, 0.25) is 0 Å². The van der Waals surface area contributed by atoms with Crippen molar-refractivity contribution in [1.82, 2.24) is 4.57 Å². The molecular weight excluding hydrogens is 857 g/mol. The van der Waals surface area contributed by atoms with Gasteiger partial charge >= 0.3 is 0 Å². The van der Waals surface area contributed by atoms with Crippen molar-refractivity contribution in [1.29, 1.82) is 0 Å². The number of benzene rings is 12. The highest BCUT2D eigenvalue weighted by molar-refractivity contribution is 6.25. The maximum absolute atomic E-state index is 2.48. The second kappa shape index (κ2) is 16.1. The molecule has 0 spiro atoms. The van der Waals surface area contributed by atoms with Crippen LogP contribution in [0.4, 0.5) is 17.1 Å². The minimum atomic E-state index is -0.0801. The summed E-state index contributed by atoms with van der Waals surface area (Å²) >= 11 is 0. The van der Waals surface area contributed by atoms with E-state index in [0.717, 1.165) is 22.7 Å². The lowest BCUT2D eigenvalue weighted by molar-refractivity contribution is 0.660. The van der Waals surface area contributed by atoms with Crippen molar-refractivity contribution < 1.29 is 0 Å². The van der Waals surface area contributed by atoms with Crippen molar-refractivity contribution in [2.24, 2.45) is 0 Å². The average molecular weight is 905 g/mol. The molecule has 334 valence electrons. The number of fused-ring (bicyclic) bond motifs is 12. The number of rotatable bonds is 7. The Morgan fingerprint density at radius 1 is 0.282 bits per heavy atom. The van der Waals surface area contributed by atoms with Crippen LogP contribution in [0.15, 0.2) is 255 Å². The Bertz CT molecular complexity index is 4180. The van der Waals surface area contributed by atoms with E-state index >= 15 is 0 Å². The molecule has 71 heavy (non-hydrogen) atoms. The lowest BCUT2D eigenvalue weighted by Crippen LogP contribution is -2.14. The van der Waals surface area contributed by atoms with E-state index in [-0.39, 0.29) is 5.41 Å². The Hall–Kier alpha value is -8.98. The van der Waals surface area contributed by atoms with E-state index < -0.39 is 0 Å².